The van der Waals surface area contributed by atoms with Crippen LogP contribution >= 0.6 is 24.0 Å². The number of guanidine groups is 1. The number of aliphatic imine (C=N–C) groups is 1. The van der Waals surface area contributed by atoms with Gasteiger partial charge in [-0.1, -0.05) is 6.07 Å². The topological polar surface area (TPSA) is 87.7 Å². The van der Waals surface area contributed by atoms with E-state index in [2.05, 4.69) is 20.5 Å². The molecule has 0 spiro atoms. The molecule has 1 aliphatic rings. The number of ether oxygens (including phenoxy) is 3. The highest BCUT2D eigenvalue weighted by molar-refractivity contribution is 14.0. The Morgan fingerprint density at radius 2 is 1.97 bits per heavy atom. The van der Waals surface area contributed by atoms with Gasteiger partial charge in [0.05, 0.1) is 26.9 Å². The van der Waals surface area contributed by atoms with Crippen molar-refractivity contribution >= 4 is 35.8 Å². The number of morpholine rings is 1. The molecule has 1 aromatic carbocycles. The normalized spacial score (nSPS) is 15.4. The van der Waals surface area contributed by atoms with Crippen LogP contribution in [0.2, 0.25) is 0 Å². The third kappa shape index (κ3) is 10.9. The fourth-order valence-electron chi connectivity index (χ4n) is 2.81. The molecule has 2 rings (SSSR count). The zero-order valence-electron chi connectivity index (χ0n) is 18.9. The van der Waals surface area contributed by atoms with Crippen molar-refractivity contribution in [2.75, 3.05) is 73.7 Å². The van der Waals surface area contributed by atoms with Crippen molar-refractivity contribution in [3.05, 3.63) is 24.3 Å². The Labute approximate surface area is 202 Å². The summed E-state index contributed by atoms with van der Waals surface area (Å²) in [5.41, 5.74) is 0. The van der Waals surface area contributed by atoms with Gasteiger partial charge in [-0.15, -0.1) is 24.0 Å². The SMILES string of the molecule is COc1cccc(OC(C)CNC(=NCC(=O)N(C)C)NCCN2CCOCC2)c1.I. The molecule has 2 N–H and O–H groups in total. The van der Waals surface area contributed by atoms with Crippen molar-refractivity contribution in [3.63, 3.8) is 0 Å². The highest BCUT2D eigenvalue weighted by atomic mass is 127. The number of benzene rings is 1. The lowest BCUT2D eigenvalue weighted by atomic mass is 10.3. The van der Waals surface area contributed by atoms with Crippen LogP contribution in [-0.2, 0) is 9.53 Å². The van der Waals surface area contributed by atoms with E-state index in [0.29, 0.717) is 12.5 Å². The summed E-state index contributed by atoms with van der Waals surface area (Å²) in [6, 6.07) is 7.51. The molecular weight excluding hydrogens is 513 g/mol. The van der Waals surface area contributed by atoms with Crippen LogP contribution in [0.1, 0.15) is 6.92 Å². The van der Waals surface area contributed by atoms with E-state index in [-0.39, 0.29) is 42.5 Å². The summed E-state index contributed by atoms with van der Waals surface area (Å²) in [7, 11) is 5.08. The summed E-state index contributed by atoms with van der Waals surface area (Å²) in [6.45, 7) is 7.64. The second-order valence-electron chi connectivity index (χ2n) is 7.32. The zero-order valence-corrected chi connectivity index (χ0v) is 21.3. The summed E-state index contributed by atoms with van der Waals surface area (Å²) in [6.07, 6.45) is -0.104. The Hall–Kier alpha value is -1.79. The van der Waals surface area contributed by atoms with E-state index >= 15 is 0 Å². The molecule has 1 saturated heterocycles. The van der Waals surface area contributed by atoms with Gasteiger partial charge in [0.2, 0.25) is 5.91 Å². The lowest BCUT2D eigenvalue weighted by molar-refractivity contribution is -0.127. The first-order chi connectivity index (χ1) is 14.5. The van der Waals surface area contributed by atoms with E-state index in [1.807, 2.05) is 31.2 Å². The molecule has 0 saturated carbocycles. The maximum atomic E-state index is 11.9. The van der Waals surface area contributed by atoms with Gasteiger partial charge >= 0.3 is 0 Å². The highest BCUT2D eigenvalue weighted by Crippen LogP contribution is 2.19. The fraction of sp³-hybridized carbons (Fsp3) is 0.619. The first kappa shape index (κ1) is 27.2. The maximum absolute atomic E-state index is 11.9. The van der Waals surface area contributed by atoms with Crippen molar-refractivity contribution in [1.29, 1.82) is 0 Å². The molecule has 1 aliphatic heterocycles. The van der Waals surface area contributed by atoms with Crippen LogP contribution in [0.25, 0.3) is 0 Å². The summed E-state index contributed by atoms with van der Waals surface area (Å²) in [5.74, 6) is 2.04. The van der Waals surface area contributed by atoms with Crippen LogP contribution in [-0.4, -0.2) is 101 Å². The summed E-state index contributed by atoms with van der Waals surface area (Å²) >= 11 is 0. The predicted molar refractivity (Wildman–Crippen MR) is 133 cm³/mol. The molecule has 0 aromatic heterocycles. The molecule has 0 radical (unpaired) electrons. The summed E-state index contributed by atoms with van der Waals surface area (Å²) in [5, 5.41) is 6.58. The molecule has 1 aromatic rings. The third-order valence-corrected chi connectivity index (χ3v) is 4.63. The van der Waals surface area contributed by atoms with Gasteiger partial charge in [0.15, 0.2) is 5.96 Å². The van der Waals surface area contributed by atoms with Crippen LogP contribution in [0.15, 0.2) is 29.3 Å². The number of rotatable bonds is 10. The van der Waals surface area contributed by atoms with Crippen LogP contribution in [0.5, 0.6) is 11.5 Å². The summed E-state index contributed by atoms with van der Waals surface area (Å²) in [4.78, 5) is 20.2. The number of hydrogen-bond donors (Lipinski definition) is 2. The molecule has 31 heavy (non-hydrogen) atoms. The van der Waals surface area contributed by atoms with Crippen LogP contribution in [0, 0.1) is 0 Å². The first-order valence-corrected chi connectivity index (χ1v) is 10.3. The number of nitrogens with zero attached hydrogens (tertiary/aromatic N) is 3. The number of methoxy groups -OCH3 is 1. The van der Waals surface area contributed by atoms with E-state index in [1.165, 1.54) is 4.90 Å². The average Bonchev–Trinajstić information content (AvgIpc) is 2.75. The maximum Gasteiger partial charge on any atom is 0.243 e. The van der Waals surface area contributed by atoms with E-state index in [4.69, 9.17) is 14.2 Å². The van der Waals surface area contributed by atoms with Crippen molar-refractivity contribution in [3.8, 4) is 11.5 Å². The lowest BCUT2D eigenvalue weighted by Crippen LogP contribution is -2.46. The number of hydrogen-bond acceptors (Lipinski definition) is 6. The molecule has 0 aliphatic carbocycles. The van der Waals surface area contributed by atoms with E-state index in [0.717, 1.165) is 50.9 Å². The zero-order chi connectivity index (χ0) is 21.8. The molecule has 1 atom stereocenters. The second kappa shape index (κ2) is 15.1. The number of carbonyl (C=O) groups is 1. The molecule has 1 unspecified atom stereocenters. The third-order valence-electron chi connectivity index (χ3n) is 4.63. The smallest absolute Gasteiger partial charge is 0.243 e. The quantitative estimate of drug-likeness (QED) is 0.256. The van der Waals surface area contributed by atoms with E-state index < -0.39 is 0 Å². The fourth-order valence-corrected chi connectivity index (χ4v) is 2.81. The van der Waals surface area contributed by atoms with Gasteiger partial charge in [0.25, 0.3) is 0 Å². The van der Waals surface area contributed by atoms with Gasteiger partial charge in [0, 0.05) is 46.3 Å². The molecule has 1 fully saturated rings. The molecule has 1 heterocycles. The van der Waals surface area contributed by atoms with Gasteiger partial charge in [-0.05, 0) is 19.1 Å². The van der Waals surface area contributed by atoms with Crippen molar-refractivity contribution < 1.29 is 19.0 Å². The van der Waals surface area contributed by atoms with Gasteiger partial charge in [-0.3, -0.25) is 9.69 Å². The molecule has 9 nitrogen and oxygen atoms in total. The molecule has 10 heteroatoms. The van der Waals surface area contributed by atoms with Crippen molar-refractivity contribution in [2.24, 2.45) is 4.99 Å². The molecule has 1 amide bonds. The Morgan fingerprint density at radius 3 is 2.65 bits per heavy atom. The number of amides is 1. The number of carbonyl (C=O) groups excluding carboxylic acids is 1. The van der Waals surface area contributed by atoms with Gasteiger partial charge in [-0.2, -0.15) is 0 Å². The molecule has 176 valence electrons. The first-order valence-electron chi connectivity index (χ1n) is 10.3. The largest absolute Gasteiger partial charge is 0.497 e. The van der Waals surface area contributed by atoms with Gasteiger partial charge in [-0.25, -0.2) is 4.99 Å². The Kier molecular flexibility index (Phi) is 13.3. The monoisotopic (exact) mass is 549 g/mol. The van der Waals surface area contributed by atoms with E-state index in [1.54, 1.807) is 21.2 Å². The van der Waals surface area contributed by atoms with Gasteiger partial charge < -0.3 is 29.7 Å². The van der Waals surface area contributed by atoms with Crippen molar-refractivity contribution in [1.82, 2.24) is 20.4 Å². The Morgan fingerprint density at radius 1 is 1.26 bits per heavy atom. The number of halogens is 1. The minimum absolute atomic E-state index is 0. The summed E-state index contributed by atoms with van der Waals surface area (Å²) < 4.78 is 16.6. The minimum Gasteiger partial charge on any atom is -0.497 e. The average molecular weight is 549 g/mol. The molecule has 0 bridgehead atoms. The number of likely N-dealkylation sites (N-methyl/N-ethyl adjacent to an activating group) is 1. The van der Waals surface area contributed by atoms with E-state index in [9.17, 15) is 4.79 Å². The van der Waals surface area contributed by atoms with Crippen LogP contribution < -0.4 is 20.1 Å². The predicted octanol–water partition coefficient (Wildman–Crippen LogP) is 1.04. The number of nitrogens with one attached hydrogen (secondary N) is 2. The standard InChI is InChI=1S/C21H35N5O4.HI/c1-17(30-19-7-5-6-18(14-19)28-4)15-23-21(24-16-20(27)25(2)3)22-8-9-26-10-12-29-13-11-26;/h5-7,14,17H,8-13,15-16H2,1-4H3,(H2,22,23,24);1H. The van der Waals surface area contributed by atoms with Crippen molar-refractivity contribution in [2.45, 2.75) is 13.0 Å². The minimum atomic E-state index is -0.104. The second-order valence-corrected chi connectivity index (χ2v) is 7.32. The molecular formula is C21H36IN5O4. The Bertz CT molecular complexity index is 683. The lowest BCUT2D eigenvalue weighted by Gasteiger charge is -2.27. The van der Waals surface area contributed by atoms with Crippen LogP contribution in [0.3, 0.4) is 0 Å². The highest BCUT2D eigenvalue weighted by Gasteiger charge is 2.11. The van der Waals surface area contributed by atoms with Gasteiger partial charge in [0.1, 0.15) is 24.1 Å². The van der Waals surface area contributed by atoms with Crippen LogP contribution in [0.4, 0.5) is 0 Å². The Balaban J connectivity index is 0.00000480.